The normalized spacial score (nSPS) is 20.9. The number of nitrogens with zero attached hydrogens (tertiary/aromatic N) is 2. The second kappa shape index (κ2) is 10.4. The molecular weight excluding hydrogens is 340 g/mol. The molecule has 2 fully saturated rings. The second-order valence-electron chi connectivity index (χ2n) is 7.88. The molecule has 2 aliphatic rings. The molecule has 1 atom stereocenters. The number of nitrogens with one attached hydrogen (secondary N) is 2. The fourth-order valence-electron chi connectivity index (χ4n) is 4.28. The van der Waals surface area contributed by atoms with Crippen molar-refractivity contribution in [3.05, 3.63) is 18.5 Å². The van der Waals surface area contributed by atoms with Gasteiger partial charge < -0.3 is 10.1 Å². The van der Waals surface area contributed by atoms with Gasteiger partial charge in [-0.25, -0.2) is 14.8 Å². The lowest BCUT2D eigenvalue weighted by molar-refractivity contribution is -0.142. The van der Waals surface area contributed by atoms with Gasteiger partial charge in [-0.1, -0.05) is 38.5 Å². The summed E-state index contributed by atoms with van der Waals surface area (Å²) < 4.78 is 5.67. The summed E-state index contributed by atoms with van der Waals surface area (Å²) in [4.78, 5) is 21.2. The Morgan fingerprint density at radius 2 is 1.52 bits per heavy atom. The maximum Gasteiger partial charge on any atom is 0.354 e. The fourth-order valence-corrected chi connectivity index (χ4v) is 4.28. The van der Waals surface area contributed by atoms with Crippen molar-refractivity contribution >= 4 is 17.6 Å². The molecule has 0 radical (unpaired) electrons. The molecule has 3 rings (SSSR count). The molecule has 1 unspecified atom stereocenters. The first-order chi connectivity index (χ1) is 13.2. The van der Waals surface area contributed by atoms with Crippen LogP contribution in [0, 0.1) is 11.3 Å². The van der Waals surface area contributed by atoms with Crippen LogP contribution in [0.15, 0.2) is 18.5 Å². The predicted molar refractivity (Wildman–Crippen MR) is 106 cm³/mol. The Morgan fingerprint density at radius 1 is 0.963 bits per heavy atom. The van der Waals surface area contributed by atoms with Crippen LogP contribution in [0.5, 0.6) is 0 Å². The van der Waals surface area contributed by atoms with Gasteiger partial charge in [-0.2, -0.15) is 0 Å². The lowest BCUT2D eigenvalue weighted by Gasteiger charge is -2.30. The first-order valence-corrected chi connectivity index (χ1v) is 10.6. The molecule has 2 N–H and O–H groups in total. The van der Waals surface area contributed by atoms with Crippen LogP contribution in [0.2, 0.25) is 0 Å². The summed E-state index contributed by atoms with van der Waals surface area (Å²) in [5.74, 6) is 0.234. The number of carbonyl (C=O) groups excluding carboxylic acids is 1. The van der Waals surface area contributed by atoms with Crippen LogP contribution in [-0.4, -0.2) is 33.8 Å². The minimum Gasteiger partial charge on any atom is -0.458 e. The van der Waals surface area contributed by atoms with E-state index in [1.807, 2.05) is 0 Å². The third-order valence-electron chi connectivity index (χ3n) is 5.83. The van der Waals surface area contributed by atoms with Crippen LogP contribution in [0.3, 0.4) is 0 Å². The standard InChI is InChI=1S/C21H32N4O2/c22-18(20(26)27-17-12-7-4-8-13-17)19(25-21-23-14-9-15-24-21)16-10-5-2-1-3-6-11-16/h9,14-17,19,22H,1-8,10-13H2,(H,23,24,25). The maximum atomic E-state index is 12.7. The van der Waals surface area contributed by atoms with E-state index in [4.69, 9.17) is 10.1 Å². The number of rotatable bonds is 6. The Kier molecular flexibility index (Phi) is 7.60. The number of anilines is 1. The molecule has 0 bridgehead atoms. The van der Waals surface area contributed by atoms with E-state index in [-0.39, 0.29) is 23.8 Å². The van der Waals surface area contributed by atoms with E-state index in [2.05, 4.69) is 15.3 Å². The lowest BCUT2D eigenvalue weighted by atomic mass is 9.83. The molecule has 0 aliphatic heterocycles. The topological polar surface area (TPSA) is 88.0 Å². The van der Waals surface area contributed by atoms with E-state index in [0.717, 1.165) is 51.4 Å². The SMILES string of the molecule is N=C(C(=O)OC1CCCCC1)C(Nc1ncccn1)C1CCCCCCC1. The Balaban J connectivity index is 1.70. The summed E-state index contributed by atoms with van der Waals surface area (Å²) in [6.45, 7) is 0. The molecule has 148 valence electrons. The second-order valence-corrected chi connectivity index (χ2v) is 7.88. The average Bonchev–Trinajstić information content (AvgIpc) is 2.67. The summed E-state index contributed by atoms with van der Waals surface area (Å²) in [7, 11) is 0. The van der Waals surface area contributed by atoms with E-state index < -0.39 is 5.97 Å². The van der Waals surface area contributed by atoms with E-state index in [1.54, 1.807) is 18.5 Å². The number of esters is 1. The minimum atomic E-state index is -0.475. The molecule has 1 aromatic heterocycles. The van der Waals surface area contributed by atoms with Crippen LogP contribution >= 0.6 is 0 Å². The molecule has 6 nitrogen and oxygen atoms in total. The third-order valence-corrected chi connectivity index (χ3v) is 5.83. The summed E-state index contributed by atoms with van der Waals surface area (Å²) in [6.07, 6.45) is 16.6. The number of ether oxygens (including phenoxy) is 1. The van der Waals surface area contributed by atoms with Crippen LogP contribution in [-0.2, 0) is 9.53 Å². The maximum absolute atomic E-state index is 12.7. The molecule has 27 heavy (non-hydrogen) atoms. The summed E-state index contributed by atoms with van der Waals surface area (Å²) in [5.41, 5.74) is 0.0265. The van der Waals surface area contributed by atoms with Crippen molar-refractivity contribution in [2.24, 2.45) is 5.92 Å². The van der Waals surface area contributed by atoms with Crippen LogP contribution in [0.4, 0.5) is 5.95 Å². The molecule has 2 saturated carbocycles. The van der Waals surface area contributed by atoms with Crippen molar-refractivity contribution in [1.29, 1.82) is 5.41 Å². The first-order valence-electron chi connectivity index (χ1n) is 10.6. The number of aromatic nitrogens is 2. The van der Waals surface area contributed by atoms with Crippen molar-refractivity contribution in [1.82, 2.24) is 9.97 Å². The van der Waals surface area contributed by atoms with Crippen molar-refractivity contribution in [3.8, 4) is 0 Å². The largest absolute Gasteiger partial charge is 0.458 e. The van der Waals surface area contributed by atoms with Gasteiger partial charge >= 0.3 is 5.97 Å². The van der Waals surface area contributed by atoms with Gasteiger partial charge in [0.2, 0.25) is 5.95 Å². The quantitative estimate of drug-likeness (QED) is 0.566. The molecule has 0 aromatic carbocycles. The number of carbonyl (C=O) groups is 1. The van der Waals surface area contributed by atoms with Crippen molar-refractivity contribution in [3.63, 3.8) is 0 Å². The lowest BCUT2D eigenvalue weighted by Crippen LogP contribution is -2.43. The summed E-state index contributed by atoms with van der Waals surface area (Å²) in [6, 6.07) is 1.38. The summed E-state index contributed by atoms with van der Waals surface area (Å²) in [5, 5.41) is 11.9. The van der Waals surface area contributed by atoms with Gasteiger partial charge in [0.25, 0.3) is 0 Å². The van der Waals surface area contributed by atoms with Gasteiger partial charge in [-0.05, 0) is 50.5 Å². The molecule has 0 amide bonds. The van der Waals surface area contributed by atoms with E-state index in [9.17, 15) is 4.79 Å². The molecule has 1 heterocycles. The number of hydrogen-bond donors (Lipinski definition) is 2. The fraction of sp³-hybridized carbons (Fsp3) is 0.714. The van der Waals surface area contributed by atoms with E-state index in [0.29, 0.717) is 5.95 Å². The Labute approximate surface area is 162 Å². The molecule has 6 heteroatoms. The predicted octanol–water partition coefficient (Wildman–Crippen LogP) is 4.51. The Hall–Kier alpha value is -1.98. The molecule has 0 spiro atoms. The van der Waals surface area contributed by atoms with Crippen molar-refractivity contribution in [2.75, 3.05) is 5.32 Å². The molecular formula is C21H32N4O2. The van der Waals surface area contributed by atoms with Gasteiger partial charge in [0.15, 0.2) is 0 Å². The number of hydrogen-bond acceptors (Lipinski definition) is 6. The first kappa shape index (κ1) is 19.8. The van der Waals surface area contributed by atoms with Crippen molar-refractivity contribution < 1.29 is 9.53 Å². The zero-order chi connectivity index (χ0) is 18.9. The van der Waals surface area contributed by atoms with Gasteiger partial charge in [0.1, 0.15) is 11.8 Å². The molecule has 2 aliphatic carbocycles. The molecule has 1 aromatic rings. The zero-order valence-electron chi connectivity index (χ0n) is 16.2. The third kappa shape index (κ3) is 6.01. The van der Waals surface area contributed by atoms with Crippen LogP contribution in [0.25, 0.3) is 0 Å². The van der Waals surface area contributed by atoms with E-state index in [1.165, 1.54) is 25.7 Å². The monoisotopic (exact) mass is 372 g/mol. The highest BCUT2D eigenvalue weighted by atomic mass is 16.5. The zero-order valence-corrected chi connectivity index (χ0v) is 16.2. The van der Waals surface area contributed by atoms with Crippen LogP contribution in [0.1, 0.15) is 77.0 Å². The highest BCUT2D eigenvalue weighted by Gasteiger charge is 2.32. The van der Waals surface area contributed by atoms with Gasteiger partial charge in [-0.15, -0.1) is 0 Å². The highest BCUT2D eigenvalue weighted by Crippen LogP contribution is 2.28. The van der Waals surface area contributed by atoms with E-state index >= 15 is 0 Å². The van der Waals surface area contributed by atoms with Gasteiger partial charge in [0.05, 0.1) is 6.04 Å². The van der Waals surface area contributed by atoms with Crippen LogP contribution < -0.4 is 5.32 Å². The Bertz CT molecular complexity index is 593. The minimum absolute atomic E-state index is 0.0265. The summed E-state index contributed by atoms with van der Waals surface area (Å²) >= 11 is 0. The van der Waals surface area contributed by atoms with Gasteiger partial charge in [0, 0.05) is 12.4 Å². The van der Waals surface area contributed by atoms with Crippen molar-refractivity contribution in [2.45, 2.75) is 89.2 Å². The average molecular weight is 373 g/mol. The Morgan fingerprint density at radius 3 is 2.19 bits per heavy atom. The highest BCUT2D eigenvalue weighted by molar-refractivity contribution is 6.37. The smallest absolute Gasteiger partial charge is 0.354 e. The molecule has 0 saturated heterocycles. The van der Waals surface area contributed by atoms with Gasteiger partial charge in [-0.3, -0.25) is 5.41 Å².